The summed E-state index contributed by atoms with van der Waals surface area (Å²) in [5.74, 6) is 0.861. The van der Waals surface area contributed by atoms with Gasteiger partial charge in [-0.25, -0.2) is 0 Å². The van der Waals surface area contributed by atoms with Gasteiger partial charge in [0, 0.05) is 0 Å². The topological polar surface area (TPSA) is 37.3 Å². The predicted octanol–water partition coefficient (Wildman–Crippen LogP) is 0.829. The maximum Gasteiger partial charge on any atom is 0.309 e. The van der Waals surface area contributed by atoms with Crippen molar-refractivity contribution in [2.75, 3.05) is 0 Å². The lowest BCUT2D eigenvalue weighted by molar-refractivity contribution is -0.163. The molecule has 3 saturated carbocycles. The quantitative estimate of drug-likeness (QED) is 0.544. The highest BCUT2D eigenvalue weighted by atomic mass is 16.4. The number of hydrogen-bond donors (Lipinski definition) is 1. The van der Waals surface area contributed by atoms with Gasteiger partial charge >= 0.3 is 5.97 Å². The molecule has 0 heterocycles. The van der Waals surface area contributed by atoms with E-state index in [1.165, 1.54) is 5.92 Å². The molecule has 0 saturated heterocycles. The van der Waals surface area contributed by atoms with Crippen molar-refractivity contribution < 1.29 is 9.90 Å². The lowest BCUT2D eigenvalue weighted by atomic mass is 9.44. The first-order chi connectivity index (χ1) is 3.73. The summed E-state index contributed by atoms with van der Waals surface area (Å²) in [5, 5.41) is 8.52. The minimum Gasteiger partial charge on any atom is -0.481 e. The van der Waals surface area contributed by atoms with E-state index in [-0.39, 0.29) is 5.41 Å². The van der Waals surface area contributed by atoms with Gasteiger partial charge in [0.25, 0.3) is 0 Å². The summed E-state index contributed by atoms with van der Waals surface area (Å²) in [5.41, 5.74) is -0.255. The zero-order valence-corrected chi connectivity index (χ0v) is 4.48. The standard InChI is InChI=1S/C6H7O2/c7-5(8)6-1-4(2-6)3-6/h1-3H2,(H,7,8). The fraction of sp³-hybridized carbons (Fsp3) is 0.667. The highest BCUT2D eigenvalue weighted by molar-refractivity contribution is 5.81. The maximum atomic E-state index is 10.3. The molecule has 2 nitrogen and oxygen atoms in total. The van der Waals surface area contributed by atoms with Gasteiger partial charge in [-0.1, -0.05) is 0 Å². The van der Waals surface area contributed by atoms with E-state index in [4.69, 9.17) is 5.11 Å². The molecule has 43 valence electrons. The van der Waals surface area contributed by atoms with Crippen LogP contribution in [0.3, 0.4) is 0 Å². The van der Waals surface area contributed by atoms with Gasteiger partial charge in [0.1, 0.15) is 0 Å². The Balaban J connectivity index is 2.15. The Morgan fingerprint density at radius 2 is 2.00 bits per heavy atom. The molecular weight excluding hydrogens is 104 g/mol. The number of rotatable bonds is 1. The number of carbonyl (C=O) groups is 1. The SMILES string of the molecule is O=C(O)C12C[C](C1)C2. The average molecular weight is 111 g/mol. The maximum absolute atomic E-state index is 10.3. The summed E-state index contributed by atoms with van der Waals surface area (Å²) < 4.78 is 0. The van der Waals surface area contributed by atoms with Crippen molar-refractivity contribution in [3.63, 3.8) is 0 Å². The first-order valence-corrected chi connectivity index (χ1v) is 2.80. The third-order valence-electron chi connectivity index (χ3n) is 2.22. The predicted molar refractivity (Wildman–Crippen MR) is 27.2 cm³/mol. The smallest absolute Gasteiger partial charge is 0.309 e. The Labute approximate surface area is 47.5 Å². The Morgan fingerprint density at radius 3 is 2.00 bits per heavy atom. The van der Waals surface area contributed by atoms with E-state index in [1.807, 2.05) is 0 Å². The molecule has 2 bridgehead atoms. The third-order valence-corrected chi connectivity index (χ3v) is 2.22. The molecule has 0 atom stereocenters. The second kappa shape index (κ2) is 0.925. The lowest BCUT2D eigenvalue weighted by Crippen LogP contribution is -2.55. The molecule has 0 amide bonds. The van der Waals surface area contributed by atoms with Crippen LogP contribution >= 0.6 is 0 Å². The van der Waals surface area contributed by atoms with Gasteiger partial charge < -0.3 is 5.11 Å². The molecule has 8 heavy (non-hydrogen) atoms. The highest BCUT2D eigenvalue weighted by Crippen LogP contribution is 2.65. The first kappa shape index (κ1) is 4.36. The van der Waals surface area contributed by atoms with Crippen molar-refractivity contribution in [3.05, 3.63) is 5.92 Å². The van der Waals surface area contributed by atoms with E-state index in [2.05, 4.69) is 0 Å². The second-order valence-corrected chi connectivity index (χ2v) is 2.87. The minimum atomic E-state index is -0.590. The molecule has 2 heteroatoms. The average Bonchev–Trinajstić information content (AvgIpc) is 1.16. The zero-order chi connectivity index (χ0) is 5.78. The fourth-order valence-electron chi connectivity index (χ4n) is 1.51. The van der Waals surface area contributed by atoms with Crippen LogP contribution in [0.5, 0.6) is 0 Å². The van der Waals surface area contributed by atoms with Gasteiger partial charge in [-0.3, -0.25) is 4.79 Å². The molecule has 3 aliphatic rings. The molecule has 3 rings (SSSR count). The van der Waals surface area contributed by atoms with Crippen molar-refractivity contribution >= 4 is 5.97 Å². The van der Waals surface area contributed by atoms with E-state index in [1.54, 1.807) is 0 Å². The summed E-state index contributed by atoms with van der Waals surface area (Å²) in [4.78, 5) is 10.3. The highest BCUT2D eigenvalue weighted by Gasteiger charge is 2.62. The fourth-order valence-corrected chi connectivity index (χ4v) is 1.51. The van der Waals surface area contributed by atoms with Crippen LogP contribution in [-0.2, 0) is 4.79 Å². The van der Waals surface area contributed by atoms with Gasteiger partial charge in [0.05, 0.1) is 5.41 Å². The number of aliphatic carboxylic acids is 1. The third kappa shape index (κ3) is 0.261. The van der Waals surface area contributed by atoms with Crippen LogP contribution in [0.4, 0.5) is 0 Å². The van der Waals surface area contributed by atoms with Gasteiger partial charge in [-0.15, -0.1) is 0 Å². The van der Waals surface area contributed by atoms with Gasteiger partial charge in [0.15, 0.2) is 0 Å². The summed E-state index contributed by atoms with van der Waals surface area (Å²) in [7, 11) is 0. The Morgan fingerprint density at radius 1 is 1.50 bits per heavy atom. The summed E-state index contributed by atoms with van der Waals surface area (Å²) in [6, 6.07) is 0. The van der Waals surface area contributed by atoms with Crippen molar-refractivity contribution in [1.29, 1.82) is 0 Å². The summed E-state index contributed by atoms with van der Waals surface area (Å²) in [6.07, 6.45) is 2.63. The number of hydrogen-bond acceptors (Lipinski definition) is 1. The molecule has 0 aromatic heterocycles. The summed E-state index contributed by atoms with van der Waals surface area (Å²) >= 11 is 0. The van der Waals surface area contributed by atoms with Crippen molar-refractivity contribution in [2.45, 2.75) is 19.3 Å². The van der Waals surface area contributed by atoms with E-state index < -0.39 is 5.97 Å². The Hall–Kier alpha value is -0.530. The van der Waals surface area contributed by atoms with Crippen molar-refractivity contribution in [2.24, 2.45) is 5.41 Å². The van der Waals surface area contributed by atoms with Crippen LogP contribution in [0.15, 0.2) is 0 Å². The number of carboxylic acids is 1. The Bertz CT molecular complexity index is 134. The van der Waals surface area contributed by atoms with Crippen LogP contribution < -0.4 is 0 Å². The van der Waals surface area contributed by atoms with Crippen molar-refractivity contribution in [1.82, 2.24) is 0 Å². The van der Waals surface area contributed by atoms with Crippen LogP contribution in [0.25, 0.3) is 0 Å². The molecule has 0 unspecified atom stereocenters. The van der Waals surface area contributed by atoms with E-state index in [0.29, 0.717) is 0 Å². The monoisotopic (exact) mass is 111 g/mol. The molecule has 1 N–H and O–H groups in total. The van der Waals surface area contributed by atoms with Crippen molar-refractivity contribution in [3.8, 4) is 0 Å². The first-order valence-electron chi connectivity index (χ1n) is 2.80. The molecule has 1 radical (unpaired) electrons. The molecule has 0 aliphatic heterocycles. The molecular formula is C6H7O2. The van der Waals surface area contributed by atoms with Gasteiger partial charge in [0.2, 0.25) is 0 Å². The van der Waals surface area contributed by atoms with Gasteiger partial charge in [-0.2, -0.15) is 0 Å². The minimum absolute atomic E-state index is 0.255. The van der Waals surface area contributed by atoms with E-state index in [9.17, 15) is 4.79 Å². The zero-order valence-electron chi connectivity index (χ0n) is 4.48. The van der Waals surface area contributed by atoms with E-state index in [0.717, 1.165) is 19.3 Å². The largest absolute Gasteiger partial charge is 0.481 e. The van der Waals surface area contributed by atoms with Crippen LogP contribution in [0, 0.1) is 11.3 Å². The second-order valence-electron chi connectivity index (χ2n) is 2.87. The molecule has 3 aliphatic carbocycles. The molecule has 0 aromatic rings. The molecule has 0 aromatic carbocycles. The lowest BCUT2D eigenvalue weighted by Gasteiger charge is -2.57. The van der Waals surface area contributed by atoms with Gasteiger partial charge in [-0.05, 0) is 25.2 Å². The molecule has 0 spiro atoms. The van der Waals surface area contributed by atoms with Crippen LogP contribution in [0.2, 0.25) is 0 Å². The molecule has 3 fully saturated rings. The van der Waals surface area contributed by atoms with Crippen LogP contribution in [0.1, 0.15) is 19.3 Å². The Kier molecular flexibility index (Phi) is 0.504. The number of carboxylic acid groups (broad SMARTS) is 1. The van der Waals surface area contributed by atoms with Crippen LogP contribution in [-0.4, -0.2) is 11.1 Å². The summed E-state index contributed by atoms with van der Waals surface area (Å²) in [6.45, 7) is 0. The normalized spacial score (nSPS) is 30.5. The van der Waals surface area contributed by atoms with E-state index >= 15 is 0 Å².